The fraction of sp³-hybridized carbons (Fsp3) is 0.636. The van der Waals surface area contributed by atoms with Gasteiger partial charge in [-0.05, 0) is 48.9 Å². The summed E-state index contributed by atoms with van der Waals surface area (Å²) in [5.41, 5.74) is 0.507. The highest BCUT2D eigenvalue weighted by atomic mass is 19.1. The summed E-state index contributed by atoms with van der Waals surface area (Å²) in [5.74, 6) is 0.848. The molecular weight excluding hydrogens is 357 g/mol. The highest BCUT2D eigenvalue weighted by molar-refractivity contribution is 5.94. The van der Waals surface area contributed by atoms with Crippen LogP contribution in [0, 0.1) is 17.7 Å². The smallest absolute Gasteiger partial charge is 0.253 e. The van der Waals surface area contributed by atoms with E-state index in [4.69, 9.17) is 0 Å². The van der Waals surface area contributed by atoms with Crippen molar-refractivity contribution in [3.8, 4) is 0 Å². The maximum absolute atomic E-state index is 13.1. The van der Waals surface area contributed by atoms with Crippen LogP contribution in [-0.2, 0) is 4.79 Å². The second-order valence-corrected chi connectivity index (χ2v) is 8.37. The molecule has 0 spiro atoms. The lowest BCUT2D eigenvalue weighted by Gasteiger charge is -2.35. The standard InChI is InChI=1S/C22H32FN3O2/c1-16-5-3-6-20(17(16)2)24-21(27)15-25-11-4-12-26(14-13-25)22(28)18-7-9-19(23)10-8-18/h7-10,16-17,20H,3-6,11-15H2,1-2H3,(H,24,27). The molecule has 3 atom stereocenters. The van der Waals surface area contributed by atoms with Gasteiger partial charge < -0.3 is 10.2 Å². The number of rotatable bonds is 4. The molecular formula is C22H32FN3O2. The van der Waals surface area contributed by atoms with Crippen molar-refractivity contribution in [3.05, 3.63) is 35.6 Å². The van der Waals surface area contributed by atoms with Gasteiger partial charge in [0.15, 0.2) is 0 Å². The van der Waals surface area contributed by atoms with E-state index in [0.717, 1.165) is 19.4 Å². The molecule has 2 amide bonds. The summed E-state index contributed by atoms with van der Waals surface area (Å²) in [6, 6.07) is 5.96. The number of carbonyl (C=O) groups excluding carboxylic acids is 2. The first-order valence-electron chi connectivity index (χ1n) is 10.5. The minimum absolute atomic E-state index is 0.0729. The maximum Gasteiger partial charge on any atom is 0.253 e. The average molecular weight is 390 g/mol. The molecule has 154 valence electrons. The molecule has 3 unspecified atom stereocenters. The number of nitrogens with one attached hydrogen (secondary N) is 1. The predicted molar refractivity (Wildman–Crippen MR) is 107 cm³/mol. The van der Waals surface area contributed by atoms with Gasteiger partial charge in [-0.25, -0.2) is 4.39 Å². The Morgan fingerprint density at radius 2 is 1.79 bits per heavy atom. The average Bonchev–Trinajstić information content (AvgIpc) is 2.91. The molecule has 1 saturated heterocycles. The van der Waals surface area contributed by atoms with E-state index in [-0.39, 0.29) is 23.7 Å². The molecule has 0 radical (unpaired) electrons. The minimum Gasteiger partial charge on any atom is -0.352 e. The van der Waals surface area contributed by atoms with Crippen LogP contribution in [0.25, 0.3) is 0 Å². The summed E-state index contributed by atoms with van der Waals surface area (Å²) in [4.78, 5) is 29.1. The Bertz CT molecular complexity index is 679. The van der Waals surface area contributed by atoms with E-state index in [0.29, 0.717) is 43.6 Å². The zero-order valence-electron chi connectivity index (χ0n) is 17.0. The van der Waals surface area contributed by atoms with Crippen LogP contribution < -0.4 is 5.32 Å². The third-order valence-electron chi connectivity index (χ3n) is 6.39. The van der Waals surface area contributed by atoms with Gasteiger partial charge in [-0.2, -0.15) is 0 Å². The third kappa shape index (κ3) is 5.31. The topological polar surface area (TPSA) is 52.7 Å². The molecule has 5 nitrogen and oxygen atoms in total. The van der Waals surface area contributed by atoms with Gasteiger partial charge in [0.1, 0.15) is 5.82 Å². The van der Waals surface area contributed by atoms with Crippen molar-refractivity contribution in [2.75, 3.05) is 32.7 Å². The predicted octanol–water partition coefficient (Wildman–Crippen LogP) is 2.91. The Labute approximate surface area is 167 Å². The van der Waals surface area contributed by atoms with Gasteiger partial charge in [-0.1, -0.05) is 26.7 Å². The molecule has 28 heavy (non-hydrogen) atoms. The fourth-order valence-corrected chi connectivity index (χ4v) is 4.35. The zero-order valence-corrected chi connectivity index (χ0v) is 17.0. The first-order chi connectivity index (χ1) is 13.4. The van der Waals surface area contributed by atoms with Crippen LogP contribution in [0.3, 0.4) is 0 Å². The van der Waals surface area contributed by atoms with Crippen molar-refractivity contribution in [1.29, 1.82) is 0 Å². The number of hydrogen-bond donors (Lipinski definition) is 1. The van der Waals surface area contributed by atoms with E-state index in [1.54, 1.807) is 4.90 Å². The number of benzene rings is 1. The summed E-state index contributed by atoms with van der Waals surface area (Å²) >= 11 is 0. The van der Waals surface area contributed by atoms with E-state index in [9.17, 15) is 14.0 Å². The number of carbonyl (C=O) groups is 2. The van der Waals surface area contributed by atoms with E-state index in [1.807, 2.05) is 0 Å². The first kappa shape index (κ1) is 20.8. The zero-order chi connectivity index (χ0) is 20.1. The molecule has 1 aromatic rings. The molecule has 0 aromatic heterocycles. The lowest BCUT2D eigenvalue weighted by molar-refractivity contribution is -0.123. The molecule has 1 aliphatic carbocycles. The van der Waals surface area contributed by atoms with Crippen LogP contribution in [0.2, 0.25) is 0 Å². The van der Waals surface area contributed by atoms with Gasteiger partial charge in [0.05, 0.1) is 6.54 Å². The molecule has 1 saturated carbocycles. The summed E-state index contributed by atoms with van der Waals surface area (Å²) < 4.78 is 13.1. The van der Waals surface area contributed by atoms with Gasteiger partial charge in [-0.3, -0.25) is 14.5 Å². The van der Waals surface area contributed by atoms with Crippen LogP contribution >= 0.6 is 0 Å². The highest BCUT2D eigenvalue weighted by Crippen LogP contribution is 2.29. The number of nitrogens with zero attached hydrogens (tertiary/aromatic N) is 2. The lowest BCUT2D eigenvalue weighted by Crippen LogP contribution is -2.47. The van der Waals surface area contributed by atoms with E-state index in [2.05, 4.69) is 24.1 Å². The fourth-order valence-electron chi connectivity index (χ4n) is 4.35. The van der Waals surface area contributed by atoms with Gasteiger partial charge in [-0.15, -0.1) is 0 Å². The highest BCUT2D eigenvalue weighted by Gasteiger charge is 2.29. The number of halogens is 1. The van der Waals surface area contributed by atoms with Crippen molar-refractivity contribution < 1.29 is 14.0 Å². The monoisotopic (exact) mass is 389 g/mol. The van der Waals surface area contributed by atoms with Crippen molar-refractivity contribution in [2.45, 2.75) is 45.6 Å². The van der Waals surface area contributed by atoms with Crippen molar-refractivity contribution in [1.82, 2.24) is 15.1 Å². The molecule has 6 heteroatoms. The van der Waals surface area contributed by atoms with Crippen molar-refractivity contribution >= 4 is 11.8 Å². The second kappa shape index (κ2) is 9.50. The molecule has 2 aliphatic rings. The molecule has 1 aliphatic heterocycles. The van der Waals surface area contributed by atoms with Crippen LogP contribution in [0.5, 0.6) is 0 Å². The summed E-state index contributed by atoms with van der Waals surface area (Å²) in [5, 5.41) is 3.24. The molecule has 1 heterocycles. The van der Waals surface area contributed by atoms with Crippen molar-refractivity contribution in [2.24, 2.45) is 11.8 Å². The van der Waals surface area contributed by atoms with E-state index < -0.39 is 0 Å². The Balaban J connectivity index is 1.48. The van der Waals surface area contributed by atoms with Crippen LogP contribution in [0.4, 0.5) is 4.39 Å². The lowest BCUT2D eigenvalue weighted by atomic mass is 9.78. The van der Waals surface area contributed by atoms with Crippen molar-refractivity contribution in [3.63, 3.8) is 0 Å². The molecule has 1 aromatic carbocycles. The van der Waals surface area contributed by atoms with E-state index >= 15 is 0 Å². The SMILES string of the molecule is CC1CCCC(NC(=O)CN2CCCN(C(=O)c3ccc(F)cc3)CC2)C1C. The maximum atomic E-state index is 13.1. The quantitative estimate of drug-likeness (QED) is 0.862. The van der Waals surface area contributed by atoms with Gasteiger partial charge in [0.2, 0.25) is 5.91 Å². The van der Waals surface area contributed by atoms with Crippen LogP contribution in [-0.4, -0.2) is 60.4 Å². The Morgan fingerprint density at radius 1 is 1.04 bits per heavy atom. The summed E-state index contributed by atoms with van der Waals surface area (Å²) in [6.07, 6.45) is 4.33. The van der Waals surface area contributed by atoms with E-state index in [1.165, 1.54) is 37.1 Å². The minimum atomic E-state index is -0.341. The molecule has 3 rings (SSSR count). The van der Waals surface area contributed by atoms with Crippen LogP contribution in [0.15, 0.2) is 24.3 Å². The normalized spacial score (nSPS) is 26.5. The van der Waals surface area contributed by atoms with Gasteiger partial charge in [0, 0.05) is 37.8 Å². The van der Waals surface area contributed by atoms with Gasteiger partial charge >= 0.3 is 0 Å². The third-order valence-corrected chi connectivity index (χ3v) is 6.39. The second-order valence-electron chi connectivity index (χ2n) is 8.37. The van der Waals surface area contributed by atoms with Crippen LogP contribution in [0.1, 0.15) is 49.9 Å². The number of hydrogen-bond acceptors (Lipinski definition) is 3. The molecule has 1 N–H and O–H groups in total. The van der Waals surface area contributed by atoms with Gasteiger partial charge in [0.25, 0.3) is 5.91 Å². The Morgan fingerprint density at radius 3 is 2.54 bits per heavy atom. The summed E-state index contributed by atoms with van der Waals surface area (Å²) in [6.45, 7) is 7.61. The Hall–Kier alpha value is -1.95. The largest absolute Gasteiger partial charge is 0.352 e. The molecule has 0 bridgehead atoms. The Kier molecular flexibility index (Phi) is 7.05. The molecule has 2 fully saturated rings. The number of amides is 2. The first-order valence-corrected chi connectivity index (χ1v) is 10.5. The summed E-state index contributed by atoms with van der Waals surface area (Å²) in [7, 11) is 0.